The first-order valence-electron chi connectivity index (χ1n) is 7.17. The van der Waals surface area contributed by atoms with Gasteiger partial charge in [0.05, 0.1) is 0 Å². The van der Waals surface area contributed by atoms with Gasteiger partial charge in [-0.25, -0.2) is 0 Å². The lowest BCUT2D eigenvalue weighted by Crippen LogP contribution is -2.45. The van der Waals surface area contributed by atoms with Gasteiger partial charge in [0, 0.05) is 23.9 Å². The highest BCUT2D eigenvalue weighted by molar-refractivity contribution is 5.12. The monoisotopic (exact) mass is 248 g/mol. The Kier molecular flexibility index (Phi) is 5.80. The largest absolute Gasteiger partial charge is 0.313 e. The molecular formula is C16H28N2. The van der Waals surface area contributed by atoms with Gasteiger partial charge >= 0.3 is 0 Å². The Morgan fingerprint density at radius 2 is 2.00 bits per heavy atom. The third-order valence-corrected chi connectivity index (χ3v) is 4.02. The van der Waals surface area contributed by atoms with Gasteiger partial charge in [0.25, 0.3) is 0 Å². The molecule has 2 atom stereocenters. The molecule has 2 nitrogen and oxygen atoms in total. The molecule has 0 spiro atoms. The molecule has 1 N–H and O–H groups in total. The lowest BCUT2D eigenvalue weighted by Gasteiger charge is -2.38. The molecule has 2 heteroatoms. The van der Waals surface area contributed by atoms with Crippen LogP contribution >= 0.6 is 0 Å². The van der Waals surface area contributed by atoms with Crippen molar-refractivity contribution < 1.29 is 0 Å². The fourth-order valence-electron chi connectivity index (χ4n) is 2.47. The maximum absolute atomic E-state index is 4.52. The first-order chi connectivity index (χ1) is 8.53. The molecule has 0 aliphatic heterocycles. The predicted octanol–water partition coefficient (Wildman–Crippen LogP) is 3.99. The minimum atomic E-state index is 0.284. The molecule has 1 aromatic heterocycles. The van der Waals surface area contributed by atoms with E-state index >= 15 is 0 Å². The van der Waals surface area contributed by atoms with E-state index in [2.05, 4.69) is 57.1 Å². The topological polar surface area (TPSA) is 24.9 Å². The van der Waals surface area contributed by atoms with Crippen LogP contribution in [0.3, 0.4) is 0 Å². The summed E-state index contributed by atoms with van der Waals surface area (Å²) >= 11 is 0. The van der Waals surface area contributed by atoms with Gasteiger partial charge in [-0.3, -0.25) is 4.98 Å². The van der Waals surface area contributed by atoms with E-state index in [9.17, 15) is 0 Å². The van der Waals surface area contributed by atoms with E-state index in [0.717, 1.165) is 6.54 Å². The molecular weight excluding hydrogens is 220 g/mol. The van der Waals surface area contributed by atoms with Crippen LogP contribution in [0, 0.1) is 5.41 Å². The zero-order valence-corrected chi connectivity index (χ0v) is 12.5. The van der Waals surface area contributed by atoms with Crippen LogP contribution in [0.25, 0.3) is 0 Å². The Bertz CT molecular complexity index is 332. The second-order valence-electron chi connectivity index (χ2n) is 5.82. The lowest BCUT2D eigenvalue weighted by molar-refractivity contribution is 0.205. The average molecular weight is 248 g/mol. The van der Waals surface area contributed by atoms with Gasteiger partial charge in [0.1, 0.15) is 0 Å². The summed E-state index contributed by atoms with van der Waals surface area (Å²) in [5, 5.41) is 3.72. The van der Waals surface area contributed by atoms with E-state index in [4.69, 9.17) is 0 Å². The zero-order chi connectivity index (χ0) is 13.6. The first-order valence-corrected chi connectivity index (χ1v) is 7.17. The van der Waals surface area contributed by atoms with E-state index in [1.165, 1.54) is 18.5 Å². The van der Waals surface area contributed by atoms with Crippen LogP contribution in [-0.4, -0.2) is 17.6 Å². The van der Waals surface area contributed by atoms with Crippen molar-refractivity contribution in [1.82, 2.24) is 10.3 Å². The highest BCUT2D eigenvalue weighted by atomic mass is 14.9. The lowest BCUT2D eigenvalue weighted by atomic mass is 9.75. The van der Waals surface area contributed by atoms with Crippen molar-refractivity contribution in [2.45, 2.75) is 59.4 Å². The first kappa shape index (κ1) is 15.2. The van der Waals surface area contributed by atoms with Crippen molar-refractivity contribution in [3.05, 3.63) is 30.1 Å². The van der Waals surface area contributed by atoms with Gasteiger partial charge in [-0.05, 0) is 36.9 Å². The molecule has 0 amide bonds. The van der Waals surface area contributed by atoms with E-state index in [0.29, 0.717) is 12.0 Å². The van der Waals surface area contributed by atoms with Crippen molar-refractivity contribution in [3.8, 4) is 0 Å². The molecule has 0 radical (unpaired) electrons. The molecule has 102 valence electrons. The standard InChI is InChI=1S/C16H28N2/c1-6-11-18-15(16(4,5)7-2)13(3)14-10-8-9-12-17-14/h8-10,12-13,15,18H,6-7,11H2,1-5H3. The summed E-state index contributed by atoms with van der Waals surface area (Å²) in [6, 6.07) is 6.67. The third kappa shape index (κ3) is 3.81. The molecule has 18 heavy (non-hydrogen) atoms. The highest BCUT2D eigenvalue weighted by Crippen LogP contribution is 2.33. The minimum absolute atomic E-state index is 0.284. The molecule has 0 saturated heterocycles. The summed E-state index contributed by atoms with van der Waals surface area (Å²) < 4.78 is 0. The smallest absolute Gasteiger partial charge is 0.0447 e. The number of hydrogen-bond acceptors (Lipinski definition) is 2. The predicted molar refractivity (Wildman–Crippen MR) is 78.8 cm³/mol. The van der Waals surface area contributed by atoms with Crippen LogP contribution in [0.1, 0.15) is 59.1 Å². The molecule has 0 saturated carbocycles. The third-order valence-electron chi connectivity index (χ3n) is 4.02. The van der Waals surface area contributed by atoms with E-state index in [1.54, 1.807) is 0 Å². The van der Waals surface area contributed by atoms with E-state index < -0.39 is 0 Å². The van der Waals surface area contributed by atoms with Crippen molar-refractivity contribution in [1.29, 1.82) is 0 Å². The van der Waals surface area contributed by atoms with Crippen LogP contribution in [-0.2, 0) is 0 Å². The van der Waals surface area contributed by atoms with Crippen LogP contribution in [0.2, 0.25) is 0 Å². The van der Waals surface area contributed by atoms with Crippen LogP contribution in [0.15, 0.2) is 24.4 Å². The molecule has 0 aliphatic rings. The molecule has 2 unspecified atom stereocenters. The Morgan fingerprint density at radius 3 is 2.50 bits per heavy atom. The summed E-state index contributed by atoms with van der Waals surface area (Å²) in [6.45, 7) is 12.5. The summed E-state index contributed by atoms with van der Waals surface area (Å²) in [4.78, 5) is 4.52. The van der Waals surface area contributed by atoms with Crippen molar-refractivity contribution in [2.24, 2.45) is 5.41 Å². The number of nitrogens with one attached hydrogen (secondary N) is 1. The molecule has 0 bridgehead atoms. The summed E-state index contributed by atoms with van der Waals surface area (Å²) in [5.74, 6) is 0.438. The summed E-state index contributed by atoms with van der Waals surface area (Å²) in [6.07, 6.45) is 4.23. The molecule has 1 aromatic rings. The van der Waals surface area contributed by atoms with Gasteiger partial charge in [0.15, 0.2) is 0 Å². The maximum atomic E-state index is 4.52. The highest BCUT2D eigenvalue weighted by Gasteiger charge is 2.32. The molecule has 0 aliphatic carbocycles. The Hall–Kier alpha value is -0.890. The Morgan fingerprint density at radius 1 is 1.28 bits per heavy atom. The van der Waals surface area contributed by atoms with E-state index in [-0.39, 0.29) is 5.41 Å². The van der Waals surface area contributed by atoms with Crippen molar-refractivity contribution >= 4 is 0 Å². The maximum Gasteiger partial charge on any atom is 0.0447 e. The van der Waals surface area contributed by atoms with Gasteiger partial charge in [0.2, 0.25) is 0 Å². The van der Waals surface area contributed by atoms with Gasteiger partial charge in [-0.15, -0.1) is 0 Å². The van der Waals surface area contributed by atoms with Crippen LogP contribution in [0.5, 0.6) is 0 Å². The Labute approximate surface area is 112 Å². The van der Waals surface area contributed by atoms with Gasteiger partial charge in [-0.2, -0.15) is 0 Å². The van der Waals surface area contributed by atoms with E-state index in [1.807, 2.05) is 12.3 Å². The quantitative estimate of drug-likeness (QED) is 0.789. The second-order valence-corrected chi connectivity index (χ2v) is 5.82. The molecule has 1 rings (SSSR count). The fraction of sp³-hybridized carbons (Fsp3) is 0.688. The number of rotatable bonds is 7. The van der Waals surface area contributed by atoms with Crippen LogP contribution < -0.4 is 5.32 Å². The zero-order valence-electron chi connectivity index (χ0n) is 12.5. The Balaban J connectivity index is 2.89. The molecule has 1 heterocycles. The van der Waals surface area contributed by atoms with Crippen LogP contribution in [0.4, 0.5) is 0 Å². The number of pyridine rings is 1. The number of hydrogen-bond donors (Lipinski definition) is 1. The van der Waals surface area contributed by atoms with Crippen molar-refractivity contribution in [3.63, 3.8) is 0 Å². The SMILES string of the molecule is CCCNC(C(C)c1ccccn1)C(C)(C)CC. The van der Waals surface area contributed by atoms with Crippen molar-refractivity contribution in [2.75, 3.05) is 6.54 Å². The van der Waals surface area contributed by atoms with Gasteiger partial charge < -0.3 is 5.32 Å². The summed E-state index contributed by atoms with van der Waals surface area (Å²) in [7, 11) is 0. The normalized spacial score (nSPS) is 15.4. The number of aromatic nitrogens is 1. The van der Waals surface area contributed by atoms with Gasteiger partial charge in [-0.1, -0.05) is 40.7 Å². The second kappa shape index (κ2) is 6.89. The number of nitrogens with zero attached hydrogens (tertiary/aromatic N) is 1. The minimum Gasteiger partial charge on any atom is -0.313 e. The molecule has 0 fully saturated rings. The molecule has 0 aromatic carbocycles. The average Bonchev–Trinajstić information content (AvgIpc) is 2.39. The summed E-state index contributed by atoms with van der Waals surface area (Å²) in [5.41, 5.74) is 1.47. The fourth-order valence-corrected chi connectivity index (χ4v) is 2.47.